The average molecular weight is 398 g/mol. The molecule has 0 spiro atoms. The van der Waals surface area contributed by atoms with E-state index in [2.05, 4.69) is 4.98 Å². The highest BCUT2D eigenvalue weighted by Gasteiger charge is 2.32. The summed E-state index contributed by atoms with van der Waals surface area (Å²) in [5.74, 6) is -0.997. The second-order valence-electron chi connectivity index (χ2n) is 7.46. The van der Waals surface area contributed by atoms with E-state index in [1.807, 2.05) is 32.9 Å². The molecule has 1 aliphatic rings. The average Bonchev–Trinajstić information content (AvgIpc) is 2.97. The molecule has 2 N–H and O–H groups in total. The number of H-pyrrole nitrogens is 1. The van der Waals surface area contributed by atoms with Crippen molar-refractivity contribution in [1.29, 1.82) is 0 Å². The highest BCUT2D eigenvalue weighted by Crippen LogP contribution is 2.33. The van der Waals surface area contributed by atoms with E-state index in [0.717, 1.165) is 38.9 Å². The smallest absolute Gasteiger partial charge is 0.335 e. The minimum absolute atomic E-state index is 0.194. The van der Waals surface area contributed by atoms with Crippen molar-refractivity contribution in [3.63, 3.8) is 0 Å². The first-order chi connectivity index (χ1) is 13.2. The molecule has 2 heterocycles. The van der Waals surface area contributed by atoms with E-state index >= 15 is 0 Å². The molecule has 0 fully saturated rings. The van der Waals surface area contributed by atoms with Crippen LogP contribution in [-0.2, 0) is 23.0 Å². The lowest BCUT2D eigenvalue weighted by molar-refractivity contribution is 0.0697. The minimum Gasteiger partial charge on any atom is -0.478 e. The molecule has 28 heavy (non-hydrogen) atoms. The summed E-state index contributed by atoms with van der Waals surface area (Å²) in [6, 6.07) is 8.69. The van der Waals surface area contributed by atoms with Crippen LogP contribution in [0.2, 0.25) is 0 Å². The Kier molecular flexibility index (Phi) is 4.32. The van der Waals surface area contributed by atoms with Gasteiger partial charge in [0, 0.05) is 36.1 Å². The Bertz CT molecular complexity index is 1200. The molecular weight excluding hydrogens is 376 g/mol. The topological polar surface area (TPSA) is 90.5 Å². The number of nitrogens with zero attached hydrogens (tertiary/aromatic N) is 1. The number of aromatic amines is 1. The Morgan fingerprint density at radius 1 is 1.11 bits per heavy atom. The summed E-state index contributed by atoms with van der Waals surface area (Å²) in [6.45, 7) is 6.23. The number of aromatic carboxylic acids is 1. The molecule has 4 rings (SSSR count). The molecule has 0 atom stereocenters. The number of fused-ring (bicyclic) bond motifs is 3. The van der Waals surface area contributed by atoms with Gasteiger partial charge in [0.1, 0.15) is 0 Å². The Morgan fingerprint density at radius 2 is 1.79 bits per heavy atom. The van der Waals surface area contributed by atoms with Gasteiger partial charge in [-0.05, 0) is 55.7 Å². The molecule has 0 bridgehead atoms. The normalized spacial score (nSPS) is 15.0. The molecule has 6 nitrogen and oxygen atoms in total. The first kappa shape index (κ1) is 18.7. The van der Waals surface area contributed by atoms with Crippen molar-refractivity contribution in [2.24, 2.45) is 0 Å². The van der Waals surface area contributed by atoms with Crippen LogP contribution in [0.15, 0.2) is 35.2 Å². The molecule has 2 aromatic carbocycles. The molecule has 1 aromatic heterocycles. The third-order valence-electron chi connectivity index (χ3n) is 5.39. The highest BCUT2D eigenvalue weighted by atomic mass is 32.2. The van der Waals surface area contributed by atoms with Crippen molar-refractivity contribution >= 4 is 26.9 Å². The second-order valence-corrected chi connectivity index (χ2v) is 9.34. The standard InChI is InChI=1S/C21H22N2O4S/c1-12-8-13(2)20(14(3)9-12)28(26,27)23-7-6-19-17(11-23)16-10-15(21(24)25)4-5-18(16)22-19/h4-5,8-10,22H,6-7,11H2,1-3H3,(H,24,25). The van der Waals surface area contributed by atoms with E-state index in [-0.39, 0.29) is 12.1 Å². The van der Waals surface area contributed by atoms with Crippen LogP contribution < -0.4 is 0 Å². The molecule has 3 aromatic rings. The van der Waals surface area contributed by atoms with Crippen LogP contribution in [0.5, 0.6) is 0 Å². The summed E-state index contributed by atoms with van der Waals surface area (Å²) in [4.78, 5) is 15.0. The molecule has 0 radical (unpaired) electrons. The molecule has 0 aliphatic carbocycles. The zero-order valence-corrected chi connectivity index (χ0v) is 16.9. The molecule has 1 aliphatic heterocycles. The summed E-state index contributed by atoms with van der Waals surface area (Å²) in [5, 5.41) is 10.1. The van der Waals surface area contributed by atoms with Gasteiger partial charge < -0.3 is 10.1 Å². The number of carbonyl (C=O) groups is 1. The van der Waals surface area contributed by atoms with Crippen molar-refractivity contribution in [3.8, 4) is 0 Å². The summed E-state index contributed by atoms with van der Waals surface area (Å²) >= 11 is 0. The van der Waals surface area contributed by atoms with Gasteiger partial charge in [0.2, 0.25) is 10.0 Å². The van der Waals surface area contributed by atoms with Crippen molar-refractivity contribution in [1.82, 2.24) is 9.29 Å². The van der Waals surface area contributed by atoms with Gasteiger partial charge in [-0.25, -0.2) is 13.2 Å². The van der Waals surface area contributed by atoms with Gasteiger partial charge >= 0.3 is 5.97 Å². The van der Waals surface area contributed by atoms with Crippen molar-refractivity contribution < 1.29 is 18.3 Å². The molecule has 0 saturated heterocycles. The number of hydrogen-bond donors (Lipinski definition) is 2. The van der Waals surface area contributed by atoms with Crippen molar-refractivity contribution in [3.05, 3.63) is 63.8 Å². The van der Waals surface area contributed by atoms with E-state index in [0.29, 0.717) is 17.9 Å². The Morgan fingerprint density at radius 3 is 2.43 bits per heavy atom. The number of benzene rings is 2. The van der Waals surface area contributed by atoms with E-state index in [1.54, 1.807) is 18.2 Å². The van der Waals surface area contributed by atoms with E-state index in [9.17, 15) is 18.3 Å². The number of carboxylic acids is 1. The van der Waals surface area contributed by atoms with Crippen molar-refractivity contribution in [2.75, 3.05) is 6.54 Å². The van der Waals surface area contributed by atoms with Gasteiger partial charge in [-0.3, -0.25) is 0 Å². The molecular formula is C21H22N2O4S. The lowest BCUT2D eigenvalue weighted by Gasteiger charge is -2.28. The first-order valence-electron chi connectivity index (χ1n) is 9.13. The number of hydrogen-bond acceptors (Lipinski definition) is 3. The summed E-state index contributed by atoms with van der Waals surface area (Å²) in [6.07, 6.45) is 0.565. The quantitative estimate of drug-likeness (QED) is 0.706. The van der Waals surface area contributed by atoms with Crippen LogP contribution in [0, 0.1) is 20.8 Å². The summed E-state index contributed by atoms with van der Waals surface area (Å²) < 4.78 is 28.3. The zero-order valence-electron chi connectivity index (χ0n) is 16.0. The fourth-order valence-electron chi connectivity index (χ4n) is 4.23. The molecule has 7 heteroatoms. The number of nitrogens with one attached hydrogen (secondary N) is 1. The fourth-order valence-corrected chi connectivity index (χ4v) is 6.05. The monoisotopic (exact) mass is 398 g/mol. The van der Waals surface area contributed by atoms with Gasteiger partial charge in [0.25, 0.3) is 0 Å². The fraction of sp³-hybridized carbons (Fsp3) is 0.286. The van der Waals surface area contributed by atoms with Gasteiger partial charge in [0.15, 0.2) is 0 Å². The van der Waals surface area contributed by atoms with Crippen LogP contribution in [0.4, 0.5) is 0 Å². The number of rotatable bonds is 3. The summed E-state index contributed by atoms with van der Waals surface area (Å²) in [5.41, 5.74) is 5.38. The number of aromatic nitrogens is 1. The third-order valence-corrected chi connectivity index (χ3v) is 7.54. The lowest BCUT2D eigenvalue weighted by Crippen LogP contribution is -2.36. The van der Waals surface area contributed by atoms with Crippen LogP contribution in [0.1, 0.15) is 38.3 Å². The predicted molar refractivity (Wildman–Crippen MR) is 107 cm³/mol. The SMILES string of the molecule is Cc1cc(C)c(S(=O)(=O)N2CCc3[nH]c4ccc(C(=O)O)cc4c3C2)c(C)c1. The highest BCUT2D eigenvalue weighted by molar-refractivity contribution is 7.89. The largest absolute Gasteiger partial charge is 0.478 e. The van der Waals surface area contributed by atoms with Crippen LogP contribution in [0.25, 0.3) is 10.9 Å². The maximum absolute atomic E-state index is 13.4. The second kappa shape index (κ2) is 6.46. The zero-order chi connectivity index (χ0) is 20.2. The van der Waals surface area contributed by atoms with Gasteiger partial charge in [0.05, 0.1) is 10.5 Å². The molecule has 0 saturated carbocycles. The Balaban J connectivity index is 1.79. The molecule has 146 valence electrons. The number of sulfonamides is 1. The minimum atomic E-state index is -3.65. The van der Waals surface area contributed by atoms with E-state index in [4.69, 9.17) is 0 Å². The first-order valence-corrected chi connectivity index (χ1v) is 10.6. The van der Waals surface area contributed by atoms with Crippen LogP contribution in [-0.4, -0.2) is 35.3 Å². The van der Waals surface area contributed by atoms with Gasteiger partial charge in [-0.2, -0.15) is 4.31 Å². The number of carboxylic acid groups (broad SMARTS) is 1. The third kappa shape index (κ3) is 2.91. The maximum Gasteiger partial charge on any atom is 0.335 e. The molecule has 0 unspecified atom stereocenters. The predicted octanol–water partition coefficient (Wildman–Crippen LogP) is 3.54. The Labute approximate surface area is 163 Å². The lowest BCUT2D eigenvalue weighted by atomic mass is 10.0. The van der Waals surface area contributed by atoms with Crippen molar-refractivity contribution in [2.45, 2.75) is 38.6 Å². The summed E-state index contributed by atoms with van der Waals surface area (Å²) in [7, 11) is -3.65. The van der Waals surface area contributed by atoms with Gasteiger partial charge in [-0.15, -0.1) is 0 Å². The van der Waals surface area contributed by atoms with Gasteiger partial charge in [-0.1, -0.05) is 17.7 Å². The van der Waals surface area contributed by atoms with E-state index < -0.39 is 16.0 Å². The van der Waals surface area contributed by atoms with Crippen LogP contribution in [0.3, 0.4) is 0 Å². The van der Waals surface area contributed by atoms with E-state index in [1.165, 1.54) is 4.31 Å². The number of aryl methyl sites for hydroxylation is 3. The molecule has 0 amide bonds. The maximum atomic E-state index is 13.4. The Hall–Kier alpha value is -2.64. The van der Waals surface area contributed by atoms with Crippen LogP contribution >= 0.6 is 0 Å².